The predicted octanol–water partition coefficient (Wildman–Crippen LogP) is 2.04. The van der Waals surface area contributed by atoms with E-state index in [2.05, 4.69) is 9.97 Å². The van der Waals surface area contributed by atoms with Crippen molar-refractivity contribution >= 4 is 29.0 Å². The first kappa shape index (κ1) is 6.88. The molecule has 0 aliphatic carbocycles. The first-order valence-corrected chi connectivity index (χ1v) is 3.68. The summed E-state index contributed by atoms with van der Waals surface area (Å²) in [7, 11) is 0. The maximum absolute atomic E-state index is 5.80. The molecule has 2 aromatic heterocycles. The van der Waals surface area contributed by atoms with Gasteiger partial charge in [-0.2, -0.15) is 0 Å². The standard InChI is InChI=1S/C6H3Cl2N3/c7-4-3-5(8)11-2-1-9-6(11)10-4/h1-3H. The third kappa shape index (κ3) is 1.06. The maximum atomic E-state index is 5.80. The minimum Gasteiger partial charge on any atom is -0.274 e. The van der Waals surface area contributed by atoms with Crippen molar-refractivity contribution in [2.24, 2.45) is 0 Å². The van der Waals surface area contributed by atoms with Crippen LogP contribution in [0.25, 0.3) is 5.78 Å². The van der Waals surface area contributed by atoms with Gasteiger partial charge in [-0.25, -0.2) is 9.97 Å². The minimum atomic E-state index is 0.355. The van der Waals surface area contributed by atoms with Crippen molar-refractivity contribution in [2.75, 3.05) is 0 Å². The van der Waals surface area contributed by atoms with Gasteiger partial charge in [-0.1, -0.05) is 23.2 Å². The first-order valence-electron chi connectivity index (χ1n) is 2.92. The Kier molecular flexibility index (Phi) is 1.47. The van der Waals surface area contributed by atoms with Crippen LogP contribution in [0.2, 0.25) is 10.3 Å². The molecule has 0 N–H and O–H groups in total. The van der Waals surface area contributed by atoms with Crippen LogP contribution in [0.1, 0.15) is 0 Å². The summed E-state index contributed by atoms with van der Waals surface area (Å²) in [6.07, 6.45) is 3.34. The molecule has 0 aliphatic heterocycles. The van der Waals surface area contributed by atoms with E-state index in [1.807, 2.05) is 0 Å². The van der Waals surface area contributed by atoms with Crippen molar-refractivity contribution in [3.05, 3.63) is 28.8 Å². The lowest BCUT2D eigenvalue weighted by Gasteiger charge is -1.95. The lowest BCUT2D eigenvalue weighted by atomic mass is 10.6. The van der Waals surface area contributed by atoms with E-state index in [4.69, 9.17) is 23.2 Å². The smallest absolute Gasteiger partial charge is 0.236 e. The quantitative estimate of drug-likeness (QED) is 0.592. The van der Waals surface area contributed by atoms with Gasteiger partial charge < -0.3 is 0 Å². The second kappa shape index (κ2) is 2.36. The fourth-order valence-corrected chi connectivity index (χ4v) is 1.31. The molecule has 0 bridgehead atoms. The highest BCUT2D eigenvalue weighted by molar-refractivity contribution is 6.33. The van der Waals surface area contributed by atoms with Gasteiger partial charge in [-0.15, -0.1) is 0 Å². The van der Waals surface area contributed by atoms with Crippen molar-refractivity contribution in [2.45, 2.75) is 0 Å². The highest BCUT2D eigenvalue weighted by Gasteiger charge is 2.00. The Morgan fingerprint density at radius 2 is 2.18 bits per heavy atom. The molecule has 0 amide bonds. The van der Waals surface area contributed by atoms with E-state index in [9.17, 15) is 0 Å². The van der Waals surface area contributed by atoms with Gasteiger partial charge in [-0.05, 0) is 0 Å². The molecule has 0 unspecified atom stereocenters. The molecule has 56 valence electrons. The summed E-state index contributed by atoms with van der Waals surface area (Å²) in [6, 6.07) is 1.57. The van der Waals surface area contributed by atoms with E-state index < -0.39 is 0 Å². The molecule has 11 heavy (non-hydrogen) atoms. The lowest BCUT2D eigenvalue weighted by Crippen LogP contribution is -1.88. The number of hydrogen-bond donors (Lipinski definition) is 0. The number of halogens is 2. The van der Waals surface area contributed by atoms with Gasteiger partial charge in [0.15, 0.2) is 0 Å². The van der Waals surface area contributed by atoms with Crippen molar-refractivity contribution in [3.8, 4) is 0 Å². The summed E-state index contributed by atoms with van der Waals surface area (Å²) < 4.78 is 1.65. The SMILES string of the molecule is Clc1cc(Cl)n2ccnc2n1. The lowest BCUT2D eigenvalue weighted by molar-refractivity contribution is 1.11. The molecule has 2 aromatic rings. The van der Waals surface area contributed by atoms with Crippen molar-refractivity contribution < 1.29 is 0 Å². The monoisotopic (exact) mass is 187 g/mol. The van der Waals surface area contributed by atoms with E-state index in [0.717, 1.165) is 0 Å². The summed E-state index contributed by atoms with van der Waals surface area (Å²) >= 11 is 11.4. The number of rotatable bonds is 0. The van der Waals surface area contributed by atoms with Crippen molar-refractivity contribution in [3.63, 3.8) is 0 Å². The molecule has 3 nitrogen and oxygen atoms in total. The van der Waals surface area contributed by atoms with Gasteiger partial charge in [0.2, 0.25) is 5.78 Å². The van der Waals surface area contributed by atoms with Gasteiger partial charge in [0.1, 0.15) is 10.3 Å². The van der Waals surface area contributed by atoms with E-state index >= 15 is 0 Å². The Morgan fingerprint density at radius 3 is 3.00 bits per heavy atom. The third-order valence-electron chi connectivity index (χ3n) is 1.30. The molecule has 0 radical (unpaired) electrons. The molecular weight excluding hydrogens is 185 g/mol. The Bertz CT molecular complexity index is 396. The molecule has 2 rings (SSSR count). The van der Waals surface area contributed by atoms with Gasteiger partial charge in [0.05, 0.1) is 0 Å². The summed E-state index contributed by atoms with van der Waals surface area (Å²) in [5.41, 5.74) is 0. The summed E-state index contributed by atoms with van der Waals surface area (Å²) in [5.74, 6) is 0.516. The predicted molar refractivity (Wildman–Crippen MR) is 43.0 cm³/mol. The van der Waals surface area contributed by atoms with Crippen LogP contribution >= 0.6 is 23.2 Å². The zero-order valence-corrected chi connectivity index (χ0v) is 6.84. The topological polar surface area (TPSA) is 30.2 Å². The summed E-state index contributed by atoms with van der Waals surface area (Å²) in [6.45, 7) is 0. The second-order valence-corrected chi connectivity index (χ2v) is 2.77. The molecular formula is C6H3Cl2N3. The van der Waals surface area contributed by atoms with Gasteiger partial charge >= 0.3 is 0 Å². The second-order valence-electron chi connectivity index (χ2n) is 2.00. The molecule has 2 heterocycles. The van der Waals surface area contributed by atoms with Crippen LogP contribution in [-0.4, -0.2) is 14.4 Å². The van der Waals surface area contributed by atoms with Crippen LogP contribution < -0.4 is 0 Å². The molecule has 0 spiro atoms. The van der Waals surface area contributed by atoms with Crippen LogP contribution in [0, 0.1) is 0 Å². The molecule has 5 heteroatoms. The fraction of sp³-hybridized carbons (Fsp3) is 0. The number of imidazole rings is 1. The number of aromatic nitrogens is 3. The highest BCUT2D eigenvalue weighted by Crippen LogP contribution is 2.14. The van der Waals surface area contributed by atoms with Gasteiger partial charge in [0.25, 0.3) is 0 Å². The molecule has 0 saturated heterocycles. The average molecular weight is 188 g/mol. The Hall–Kier alpha value is -0.800. The summed E-state index contributed by atoms with van der Waals surface area (Å²) in [5, 5.41) is 0.867. The van der Waals surface area contributed by atoms with Crippen LogP contribution in [0.15, 0.2) is 18.5 Å². The van der Waals surface area contributed by atoms with Crippen LogP contribution in [0.4, 0.5) is 0 Å². The molecule has 0 aromatic carbocycles. The molecule has 0 saturated carbocycles. The van der Waals surface area contributed by atoms with E-state index in [0.29, 0.717) is 16.1 Å². The van der Waals surface area contributed by atoms with E-state index in [1.165, 1.54) is 0 Å². The zero-order valence-electron chi connectivity index (χ0n) is 5.33. The Balaban J connectivity index is 2.91. The average Bonchev–Trinajstić information content (AvgIpc) is 2.34. The summed E-state index contributed by atoms with van der Waals surface area (Å²) in [4.78, 5) is 7.85. The number of nitrogens with zero attached hydrogens (tertiary/aromatic N) is 3. The van der Waals surface area contributed by atoms with Crippen molar-refractivity contribution in [1.29, 1.82) is 0 Å². The first-order chi connectivity index (χ1) is 5.27. The minimum absolute atomic E-state index is 0.355. The van der Waals surface area contributed by atoms with Gasteiger partial charge in [-0.3, -0.25) is 4.40 Å². The molecule has 0 atom stereocenters. The van der Waals surface area contributed by atoms with Gasteiger partial charge in [0, 0.05) is 18.5 Å². The fourth-order valence-electron chi connectivity index (χ4n) is 0.841. The van der Waals surface area contributed by atoms with Crippen LogP contribution in [0.5, 0.6) is 0 Å². The normalized spacial score (nSPS) is 10.7. The highest BCUT2D eigenvalue weighted by atomic mass is 35.5. The number of hydrogen-bond acceptors (Lipinski definition) is 2. The maximum Gasteiger partial charge on any atom is 0.236 e. The van der Waals surface area contributed by atoms with E-state index in [1.54, 1.807) is 22.9 Å². The van der Waals surface area contributed by atoms with Crippen LogP contribution in [-0.2, 0) is 0 Å². The third-order valence-corrected chi connectivity index (χ3v) is 1.78. The Morgan fingerprint density at radius 1 is 1.36 bits per heavy atom. The number of fused-ring (bicyclic) bond motifs is 1. The zero-order chi connectivity index (χ0) is 7.84. The Labute approximate surface area is 72.6 Å². The molecule has 0 fully saturated rings. The van der Waals surface area contributed by atoms with E-state index in [-0.39, 0.29) is 0 Å². The van der Waals surface area contributed by atoms with Crippen LogP contribution in [0.3, 0.4) is 0 Å². The van der Waals surface area contributed by atoms with Crippen molar-refractivity contribution in [1.82, 2.24) is 14.4 Å². The molecule has 0 aliphatic rings. The largest absolute Gasteiger partial charge is 0.274 e.